The smallest absolute Gasteiger partial charge is 0.244 e. The fraction of sp³-hybridized carbons (Fsp3) is 0.250. The lowest BCUT2D eigenvalue weighted by molar-refractivity contribution is -0.116. The fourth-order valence-corrected chi connectivity index (χ4v) is 2.39. The number of para-hydroxylation sites is 1. The van der Waals surface area contributed by atoms with Crippen LogP contribution in [0.15, 0.2) is 66.7 Å². The summed E-state index contributed by atoms with van der Waals surface area (Å²) in [6.07, 6.45) is 4.34. The van der Waals surface area contributed by atoms with Gasteiger partial charge in [0.05, 0.1) is 0 Å². The average molecular weight is 308 g/mol. The van der Waals surface area contributed by atoms with Gasteiger partial charge in [-0.15, -0.1) is 0 Å². The van der Waals surface area contributed by atoms with Crippen LogP contribution >= 0.6 is 0 Å². The average Bonchev–Trinajstić information content (AvgIpc) is 2.61. The van der Waals surface area contributed by atoms with Gasteiger partial charge >= 0.3 is 0 Å². The largest absolute Gasteiger partial charge is 0.372 e. The first kappa shape index (κ1) is 16.8. The van der Waals surface area contributed by atoms with Crippen molar-refractivity contribution >= 4 is 17.7 Å². The van der Waals surface area contributed by atoms with E-state index in [1.54, 1.807) is 6.08 Å². The zero-order valence-corrected chi connectivity index (χ0v) is 13.6. The number of hydrogen-bond acceptors (Lipinski definition) is 2. The van der Waals surface area contributed by atoms with E-state index in [4.69, 9.17) is 0 Å². The predicted molar refractivity (Wildman–Crippen MR) is 97.4 cm³/mol. The molecule has 3 nitrogen and oxygen atoms in total. The molecule has 1 N–H and O–H groups in total. The van der Waals surface area contributed by atoms with Gasteiger partial charge in [-0.05, 0) is 37.1 Å². The Morgan fingerprint density at radius 3 is 2.35 bits per heavy atom. The summed E-state index contributed by atoms with van der Waals surface area (Å²) >= 11 is 0. The van der Waals surface area contributed by atoms with Crippen molar-refractivity contribution in [2.45, 2.75) is 13.3 Å². The second-order valence-corrected chi connectivity index (χ2v) is 5.30. The predicted octanol–water partition coefficient (Wildman–Crippen LogP) is 3.73. The van der Waals surface area contributed by atoms with Gasteiger partial charge in [-0.1, -0.05) is 48.5 Å². The van der Waals surface area contributed by atoms with Crippen molar-refractivity contribution in [2.75, 3.05) is 24.5 Å². The first-order valence-electron chi connectivity index (χ1n) is 8.10. The van der Waals surface area contributed by atoms with E-state index in [2.05, 4.69) is 29.3 Å². The third kappa shape index (κ3) is 5.99. The summed E-state index contributed by atoms with van der Waals surface area (Å²) in [5, 5.41) is 2.93. The lowest BCUT2D eigenvalue weighted by Gasteiger charge is -2.23. The molecule has 0 radical (unpaired) electrons. The summed E-state index contributed by atoms with van der Waals surface area (Å²) in [6.45, 7) is 4.73. The molecule has 0 aliphatic carbocycles. The highest BCUT2D eigenvalue weighted by atomic mass is 16.1. The second kappa shape index (κ2) is 9.46. The number of carbonyl (C=O) groups excluding carboxylic acids is 1. The van der Waals surface area contributed by atoms with E-state index in [9.17, 15) is 4.79 Å². The standard InChI is InChI=1S/C20H24N2O/c1-2-22(19-12-7-4-8-13-19)17-9-16-21-20(23)15-14-18-10-5-3-6-11-18/h3-8,10-15H,2,9,16-17H2,1H3,(H,21,23)/b15-14+. The van der Waals surface area contributed by atoms with Crippen LogP contribution < -0.4 is 10.2 Å². The third-order valence-electron chi connectivity index (χ3n) is 3.63. The zero-order chi connectivity index (χ0) is 16.3. The Morgan fingerprint density at radius 1 is 1.04 bits per heavy atom. The molecule has 0 bridgehead atoms. The zero-order valence-electron chi connectivity index (χ0n) is 13.6. The van der Waals surface area contributed by atoms with E-state index in [0.717, 1.165) is 25.1 Å². The lowest BCUT2D eigenvalue weighted by atomic mass is 10.2. The minimum atomic E-state index is -0.0448. The molecule has 23 heavy (non-hydrogen) atoms. The number of anilines is 1. The van der Waals surface area contributed by atoms with Gasteiger partial charge < -0.3 is 10.2 Å². The minimum Gasteiger partial charge on any atom is -0.372 e. The maximum atomic E-state index is 11.8. The van der Waals surface area contributed by atoms with Gasteiger partial charge in [0, 0.05) is 31.4 Å². The molecule has 3 heteroatoms. The van der Waals surface area contributed by atoms with Crippen molar-refractivity contribution < 1.29 is 4.79 Å². The summed E-state index contributed by atoms with van der Waals surface area (Å²) in [4.78, 5) is 14.1. The molecule has 1 amide bonds. The molecular formula is C20H24N2O. The molecule has 0 spiro atoms. The Morgan fingerprint density at radius 2 is 1.70 bits per heavy atom. The highest BCUT2D eigenvalue weighted by Crippen LogP contribution is 2.12. The maximum Gasteiger partial charge on any atom is 0.244 e. The number of hydrogen-bond donors (Lipinski definition) is 1. The molecule has 0 heterocycles. The minimum absolute atomic E-state index is 0.0448. The molecular weight excluding hydrogens is 284 g/mol. The Balaban J connectivity index is 1.70. The molecule has 2 aromatic carbocycles. The summed E-state index contributed by atoms with van der Waals surface area (Å²) < 4.78 is 0. The van der Waals surface area contributed by atoms with E-state index in [-0.39, 0.29) is 5.91 Å². The maximum absolute atomic E-state index is 11.8. The molecule has 0 aromatic heterocycles. The number of rotatable bonds is 8. The highest BCUT2D eigenvalue weighted by Gasteiger charge is 2.03. The van der Waals surface area contributed by atoms with Crippen LogP contribution in [0.25, 0.3) is 6.08 Å². The number of nitrogens with zero attached hydrogens (tertiary/aromatic N) is 1. The molecule has 0 atom stereocenters. The van der Waals surface area contributed by atoms with Crippen molar-refractivity contribution in [1.82, 2.24) is 5.32 Å². The van der Waals surface area contributed by atoms with E-state index in [0.29, 0.717) is 6.54 Å². The molecule has 0 fully saturated rings. The summed E-state index contributed by atoms with van der Waals surface area (Å²) in [5.74, 6) is -0.0448. The molecule has 0 unspecified atom stereocenters. The SMILES string of the molecule is CCN(CCCNC(=O)/C=C/c1ccccc1)c1ccccc1. The van der Waals surface area contributed by atoms with Crippen LogP contribution in [0.5, 0.6) is 0 Å². The number of amides is 1. The monoisotopic (exact) mass is 308 g/mol. The first-order valence-corrected chi connectivity index (χ1v) is 8.10. The van der Waals surface area contributed by atoms with Crippen LogP contribution in [-0.4, -0.2) is 25.5 Å². The van der Waals surface area contributed by atoms with Crippen LogP contribution in [0, 0.1) is 0 Å². The third-order valence-corrected chi connectivity index (χ3v) is 3.63. The Kier molecular flexibility index (Phi) is 6.92. The van der Waals surface area contributed by atoms with Crippen molar-refractivity contribution in [3.8, 4) is 0 Å². The van der Waals surface area contributed by atoms with E-state index < -0.39 is 0 Å². The van der Waals surface area contributed by atoms with Gasteiger partial charge in [-0.3, -0.25) is 4.79 Å². The van der Waals surface area contributed by atoms with Crippen molar-refractivity contribution in [3.63, 3.8) is 0 Å². The van der Waals surface area contributed by atoms with E-state index in [1.807, 2.05) is 54.6 Å². The molecule has 120 valence electrons. The van der Waals surface area contributed by atoms with E-state index >= 15 is 0 Å². The Bertz CT molecular complexity index is 608. The quantitative estimate of drug-likeness (QED) is 0.595. The summed E-state index contributed by atoms with van der Waals surface area (Å²) in [6, 6.07) is 20.2. The van der Waals surface area contributed by atoms with E-state index in [1.165, 1.54) is 5.69 Å². The first-order chi connectivity index (χ1) is 11.3. The number of nitrogens with one attached hydrogen (secondary N) is 1. The summed E-state index contributed by atoms with van der Waals surface area (Å²) in [7, 11) is 0. The van der Waals surface area contributed by atoms with Crippen LogP contribution in [0.1, 0.15) is 18.9 Å². The van der Waals surface area contributed by atoms with Crippen LogP contribution in [0.3, 0.4) is 0 Å². The normalized spacial score (nSPS) is 10.7. The van der Waals surface area contributed by atoms with Crippen LogP contribution in [-0.2, 0) is 4.79 Å². The molecule has 2 rings (SSSR count). The van der Waals surface area contributed by atoms with Crippen LogP contribution in [0.2, 0.25) is 0 Å². The molecule has 0 saturated heterocycles. The number of benzene rings is 2. The van der Waals surface area contributed by atoms with Crippen molar-refractivity contribution in [2.24, 2.45) is 0 Å². The molecule has 0 aliphatic rings. The Hall–Kier alpha value is -2.55. The molecule has 0 aliphatic heterocycles. The van der Waals surface area contributed by atoms with Crippen LogP contribution in [0.4, 0.5) is 5.69 Å². The lowest BCUT2D eigenvalue weighted by Crippen LogP contribution is -2.29. The van der Waals surface area contributed by atoms with Gasteiger partial charge in [-0.25, -0.2) is 0 Å². The topological polar surface area (TPSA) is 32.3 Å². The van der Waals surface area contributed by atoms with Gasteiger partial charge in [0.1, 0.15) is 0 Å². The molecule has 2 aromatic rings. The number of carbonyl (C=O) groups is 1. The van der Waals surface area contributed by atoms with Gasteiger partial charge in [0.15, 0.2) is 0 Å². The molecule has 0 saturated carbocycles. The second-order valence-electron chi connectivity index (χ2n) is 5.30. The highest BCUT2D eigenvalue weighted by molar-refractivity contribution is 5.91. The van der Waals surface area contributed by atoms with Gasteiger partial charge in [0.2, 0.25) is 5.91 Å². The Labute approximate surface area is 138 Å². The van der Waals surface area contributed by atoms with Gasteiger partial charge in [0.25, 0.3) is 0 Å². The van der Waals surface area contributed by atoms with Gasteiger partial charge in [-0.2, -0.15) is 0 Å². The fourth-order valence-electron chi connectivity index (χ4n) is 2.39. The van der Waals surface area contributed by atoms with Crippen molar-refractivity contribution in [3.05, 3.63) is 72.3 Å². The summed E-state index contributed by atoms with van der Waals surface area (Å²) in [5.41, 5.74) is 2.26. The van der Waals surface area contributed by atoms with Crippen molar-refractivity contribution in [1.29, 1.82) is 0 Å².